The number of aliphatic hydroxyl groups excluding tert-OH is 1. The summed E-state index contributed by atoms with van der Waals surface area (Å²) >= 11 is -0.0496. The topological polar surface area (TPSA) is 56.2 Å². The number of ether oxygens (including phenoxy) is 1. The van der Waals surface area contributed by atoms with Crippen molar-refractivity contribution in [1.82, 2.24) is 9.80 Å². The molecule has 0 saturated carbocycles. The van der Waals surface area contributed by atoms with Gasteiger partial charge < -0.3 is 24.5 Å². The van der Waals surface area contributed by atoms with Gasteiger partial charge in [-0.15, -0.1) is 11.8 Å². The third-order valence-electron chi connectivity index (χ3n) is 7.71. The second-order valence-corrected chi connectivity index (χ2v) is 11.9. The van der Waals surface area contributed by atoms with E-state index in [0.717, 1.165) is 60.7 Å². The number of rotatable bonds is 12. The van der Waals surface area contributed by atoms with Crippen LogP contribution in [0.15, 0.2) is 102 Å². The van der Waals surface area contributed by atoms with Crippen LogP contribution in [0.1, 0.15) is 65.8 Å². The van der Waals surface area contributed by atoms with E-state index in [4.69, 9.17) is 15.1 Å². The molecule has 6 rings (SSSR count). The van der Waals surface area contributed by atoms with Gasteiger partial charge in [0.2, 0.25) is 5.91 Å². The van der Waals surface area contributed by atoms with Gasteiger partial charge in [0.25, 0.3) is 0 Å². The zero-order valence-corrected chi connectivity index (χ0v) is 27.4. The number of anilines is 1. The summed E-state index contributed by atoms with van der Waals surface area (Å²) in [5.41, 5.74) is -5.33. The molecule has 1 saturated heterocycles. The molecule has 0 radical (unpaired) electrons. The minimum Gasteiger partial charge on any atom is -0.384 e. The number of alkyl halides is 3. The number of aliphatic hydroxyl groups is 1. The molecule has 0 spiro atoms. The number of thioether (sulfide) groups is 1. The van der Waals surface area contributed by atoms with Crippen LogP contribution in [-0.2, 0) is 28.0 Å². The van der Waals surface area contributed by atoms with Crippen molar-refractivity contribution in [2.45, 2.75) is 43.3 Å². The highest BCUT2D eigenvalue weighted by atomic mass is 32.2. The molecule has 0 bridgehead atoms. The predicted molar refractivity (Wildman–Crippen MR) is 193 cm³/mol. The first-order chi connectivity index (χ1) is 31.8. The molecule has 1 unspecified atom stereocenters. The molecule has 2 aliphatic heterocycles. The summed E-state index contributed by atoms with van der Waals surface area (Å²) < 4.78 is 231. The number of fused-ring (bicyclic) bond motifs is 1. The number of methoxy groups -OCH3 is 1. The van der Waals surface area contributed by atoms with Crippen LogP contribution in [0.4, 0.5) is 27.6 Å². The molecule has 0 aromatic heterocycles. The summed E-state index contributed by atoms with van der Waals surface area (Å²) in [6, 6.07) is 11.8. The number of hydrogen-bond donors (Lipinski definition) is 1. The first kappa shape index (κ1) is 20.9. The highest BCUT2D eigenvalue weighted by molar-refractivity contribution is 8.02. The fraction of sp³-hybridized carbons (Fsp3) is 0.325. The van der Waals surface area contributed by atoms with Crippen molar-refractivity contribution in [2.75, 3.05) is 44.5 Å². The molecular formula is C40H40F5N3O3S. The quantitative estimate of drug-likeness (QED) is 0.147. The first-order valence-electron chi connectivity index (χ1n) is 24.3. The van der Waals surface area contributed by atoms with E-state index >= 15 is 9.18 Å². The fourth-order valence-corrected chi connectivity index (χ4v) is 5.90. The molecule has 1 amide bonds. The number of carbonyl (C=O) groups is 1. The van der Waals surface area contributed by atoms with Gasteiger partial charge in [-0.05, 0) is 59.8 Å². The molecule has 52 heavy (non-hydrogen) atoms. The maximum Gasteiger partial charge on any atom is 0.416 e. The minimum atomic E-state index is -4.68. The van der Waals surface area contributed by atoms with Crippen molar-refractivity contribution in [2.24, 2.45) is 0 Å². The third kappa shape index (κ3) is 8.86. The maximum absolute atomic E-state index is 15.5. The number of likely N-dealkylation sites (tertiary alicyclic amines) is 1. The van der Waals surface area contributed by atoms with E-state index < -0.39 is 127 Å². The van der Waals surface area contributed by atoms with Gasteiger partial charge in [0.05, 0.1) is 28.1 Å². The summed E-state index contributed by atoms with van der Waals surface area (Å²) in [5.74, 6) is -5.29. The standard InChI is InChI=1S/C40H40F5N3O3S/c1-51-22-21-46-19-17-32(18-20-46)47(24-27-9-11-28(12-10-27)29-13-15-31(16-14-29)40(43,44)45)37(50)25-48-35-8-3-2-6-33(35)36(49)23-38(48)52-26-30-5-4-7-34(41)39(30)42/h2-16,23,32,36,49H,17-22,24-26H2,1H3/i1D3,17D2,18D2,19D2,20D2,22D2,25D2,26D2,32D. The van der Waals surface area contributed by atoms with Gasteiger partial charge in [-0.2, -0.15) is 13.2 Å². The number of piperidine rings is 1. The molecule has 4 aromatic carbocycles. The molecule has 274 valence electrons. The van der Waals surface area contributed by atoms with Crippen molar-refractivity contribution in [1.29, 1.82) is 0 Å². The Morgan fingerprint density at radius 3 is 2.40 bits per heavy atom. The van der Waals surface area contributed by atoms with E-state index in [1.807, 2.05) is 0 Å². The average molecular weight is 756 g/mol. The summed E-state index contributed by atoms with van der Waals surface area (Å²) in [6.07, 6.45) is -14.2. The van der Waals surface area contributed by atoms with E-state index in [2.05, 4.69) is 4.74 Å². The van der Waals surface area contributed by atoms with Crippen LogP contribution in [0, 0.1) is 11.6 Å². The normalized spacial score (nSPS) is 27.5. The van der Waals surface area contributed by atoms with Crippen molar-refractivity contribution in [3.05, 3.63) is 136 Å². The van der Waals surface area contributed by atoms with Crippen LogP contribution in [0.3, 0.4) is 0 Å². The molecule has 6 nitrogen and oxygen atoms in total. The van der Waals surface area contributed by atoms with Crippen LogP contribution in [0.25, 0.3) is 11.1 Å². The molecule has 2 aliphatic rings. The number of nitrogens with zero attached hydrogens (tertiary/aromatic N) is 3. The Morgan fingerprint density at radius 2 is 1.71 bits per heavy atom. The molecule has 4 aromatic rings. The van der Waals surface area contributed by atoms with Gasteiger partial charge in [0.15, 0.2) is 11.6 Å². The Balaban J connectivity index is 1.55. The van der Waals surface area contributed by atoms with Gasteiger partial charge in [-0.3, -0.25) is 4.79 Å². The maximum atomic E-state index is 15.5. The SMILES string of the molecule is [2H]C([2H])([2H])OC([2H])([2H])CN1C([2H])([2H])C([2H])([2H])C([2H])(N(Cc2ccc(-c3ccc(C(F)(F)F)cc3)cc2)C(=O)C([2H])([2H])N2C(SC([2H])([2H])c3cccc(F)c3F)=CC(O)c3ccccc32)C([2H])([2H])C1([2H])[2H]. The third-order valence-corrected chi connectivity index (χ3v) is 8.56. The van der Waals surface area contributed by atoms with Crippen molar-refractivity contribution < 1.29 is 61.3 Å². The molecule has 1 fully saturated rings. The second kappa shape index (κ2) is 16.6. The largest absolute Gasteiger partial charge is 0.416 e. The summed E-state index contributed by atoms with van der Waals surface area (Å²) in [7, 11) is -3.56. The lowest BCUT2D eigenvalue weighted by molar-refractivity contribution is -0.137. The Bertz CT molecular complexity index is 2630. The Labute approximate surface area is 329 Å². The first-order valence-corrected chi connectivity index (χ1v) is 16.1. The monoisotopic (exact) mass is 755 g/mol. The number of benzene rings is 4. The van der Waals surface area contributed by atoms with Crippen molar-refractivity contribution >= 4 is 23.4 Å². The Kier molecular flexibility index (Phi) is 6.67. The predicted octanol–water partition coefficient (Wildman–Crippen LogP) is 8.42. The zero-order valence-electron chi connectivity index (χ0n) is 44.6. The molecule has 1 atom stereocenters. The minimum absolute atomic E-state index is 0.0496. The second-order valence-electron chi connectivity index (χ2n) is 11.1. The summed E-state index contributed by atoms with van der Waals surface area (Å²) in [6.45, 7) is -18.9. The summed E-state index contributed by atoms with van der Waals surface area (Å²) in [4.78, 5) is 15.3. The number of carbonyl (C=O) groups excluding carboxylic acids is 1. The van der Waals surface area contributed by atoms with Crippen LogP contribution in [-0.4, -0.2) is 66.5 Å². The molecule has 12 heteroatoms. The fourth-order valence-electron chi connectivity index (χ4n) is 5.10. The van der Waals surface area contributed by atoms with Crippen molar-refractivity contribution in [3.8, 4) is 11.1 Å². The highest BCUT2D eigenvalue weighted by Gasteiger charge is 2.33. The van der Waals surface area contributed by atoms with E-state index in [1.165, 1.54) is 30.3 Å². The van der Waals surface area contributed by atoms with Gasteiger partial charge in [0, 0.05) is 75.4 Å². The van der Waals surface area contributed by atoms with Crippen LogP contribution in [0.5, 0.6) is 0 Å². The van der Waals surface area contributed by atoms with Crippen LogP contribution < -0.4 is 4.90 Å². The lowest BCUT2D eigenvalue weighted by atomic mass is 9.99. The van der Waals surface area contributed by atoms with Crippen LogP contribution >= 0.6 is 11.8 Å². The van der Waals surface area contributed by atoms with Gasteiger partial charge in [-0.1, -0.05) is 66.7 Å². The zero-order chi connectivity index (χ0) is 52.8. The van der Waals surface area contributed by atoms with E-state index in [-0.39, 0.29) is 38.9 Å². The van der Waals surface area contributed by atoms with Gasteiger partial charge >= 0.3 is 6.18 Å². The highest BCUT2D eigenvalue weighted by Crippen LogP contribution is 2.41. The van der Waals surface area contributed by atoms with E-state index in [9.17, 15) is 32.3 Å². The smallest absolute Gasteiger partial charge is 0.384 e. The van der Waals surface area contributed by atoms with Gasteiger partial charge in [-0.25, -0.2) is 8.78 Å². The number of para-hydroxylation sites is 1. The van der Waals surface area contributed by atoms with Crippen molar-refractivity contribution in [3.63, 3.8) is 0 Å². The number of hydrogen-bond acceptors (Lipinski definition) is 6. The molecule has 0 aliphatic carbocycles. The molecular weight excluding hydrogens is 698 g/mol. The number of halogens is 5. The van der Waals surface area contributed by atoms with E-state index in [0.29, 0.717) is 11.0 Å². The molecule has 1 N–H and O–H groups in total. The van der Waals surface area contributed by atoms with Crippen LogP contribution in [0.2, 0.25) is 0 Å². The lowest BCUT2D eigenvalue weighted by Gasteiger charge is -2.40. The van der Waals surface area contributed by atoms with Gasteiger partial charge in [0.1, 0.15) is 12.6 Å². The number of amides is 1. The lowest BCUT2D eigenvalue weighted by Crippen LogP contribution is -2.50. The average Bonchev–Trinajstić information content (AvgIpc) is 3.23. The Morgan fingerprint density at radius 1 is 1.02 bits per heavy atom. The van der Waals surface area contributed by atoms with E-state index in [1.54, 1.807) is 0 Å². The Hall–Kier alpha value is -4.23. The molecule has 2 heterocycles. The summed E-state index contributed by atoms with van der Waals surface area (Å²) in [5, 5.41) is 10.5.